The molecular formula is C14H23NOS. The summed E-state index contributed by atoms with van der Waals surface area (Å²) in [4.78, 5) is 0. The first-order valence-corrected chi connectivity index (χ1v) is 7.34. The van der Waals surface area contributed by atoms with Crippen LogP contribution in [0.3, 0.4) is 0 Å². The lowest BCUT2D eigenvalue weighted by Crippen LogP contribution is -2.32. The Morgan fingerprint density at radius 3 is 2.06 bits per heavy atom. The number of hydrogen-bond acceptors (Lipinski definition) is 1. The van der Waals surface area contributed by atoms with Gasteiger partial charge in [-0.2, -0.15) is 0 Å². The van der Waals surface area contributed by atoms with Crippen molar-refractivity contribution in [1.29, 1.82) is 0 Å². The minimum Gasteiger partial charge on any atom is -0.242 e. The molecule has 1 unspecified atom stereocenters. The van der Waals surface area contributed by atoms with E-state index in [1.54, 1.807) is 0 Å². The van der Waals surface area contributed by atoms with Crippen molar-refractivity contribution in [2.24, 2.45) is 0 Å². The van der Waals surface area contributed by atoms with Gasteiger partial charge >= 0.3 is 0 Å². The second kappa shape index (κ2) is 6.92. The van der Waals surface area contributed by atoms with Crippen molar-refractivity contribution in [3.8, 4) is 0 Å². The lowest BCUT2D eigenvalue weighted by molar-refractivity contribution is 0.635. The normalized spacial score (nSPS) is 15.7. The highest BCUT2D eigenvalue weighted by Gasteiger charge is 2.18. The molecule has 2 rings (SSSR count). The largest absolute Gasteiger partial charge is 0.242 e. The van der Waals surface area contributed by atoms with E-state index in [1.807, 2.05) is 51.1 Å². The van der Waals surface area contributed by atoms with Crippen molar-refractivity contribution in [3.63, 3.8) is 0 Å². The zero-order valence-corrected chi connectivity index (χ0v) is 11.8. The summed E-state index contributed by atoms with van der Waals surface area (Å²) in [6.45, 7) is 6.54. The third-order valence-corrected chi connectivity index (χ3v) is 3.68. The topological polar surface area (TPSA) is 29.1 Å². The van der Waals surface area contributed by atoms with Crippen LogP contribution in [0, 0.1) is 0 Å². The standard InChI is InChI=1S/C11H17NOS.C3H6/c1-11(2,3)14(13)12-9-10-7-5-4-6-8-10;1-2-3-1/h4-8,12H,9H2,1-3H3;1-3H2. The summed E-state index contributed by atoms with van der Waals surface area (Å²) in [5.74, 6) is 0. The van der Waals surface area contributed by atoms with Crippen molar-refractivity contribution >= 4 is 11.0 Å². The Morgan fingerprint density at radius 2 is 1.65 bits per heavy atom. The number of rotatable bonds is 3. The summed E-state index contributed by atoms with van der Waals surface area (Å²) in [5, 5.41) is 0. The summed E-state index contributed by atoms with van der Waals surface area (Å²) in [5.41, 5.74) is 1.16. The predicted octanol–water partition coefficient (Wildman–Crippen LogP) is 3.41. The molecule has 1 fully saturated rings. The summed E-state index contributed by atoms with van der Waals surface area (Å²) in [7, 11) is -0.988. The molecule has 0 bridgehead atoms. The Morgan fingerprint density at radius 1 is 1.12 bits per heavy atom. The zero-order valence-electron chi connectivity index (χ0n) is 11.0. The maximum Gasteiger partial charge on any atom is 0.0973 e. The van der Waals surface area contributed by atoms with E-state index in [9.17, 15) is 4.21 Å². The van der Waals surface area contributed by atoms with E-state index in [0.29, 0.717) is 6.54 Å². The third-order valence-electron chi connectivity index (χ3n) is 2.16. The van der Waals surface area contributed by atoms with Crippen molar-refractivity contribution < 1.29 is 4.21 Å². The van der Waals surface area contributed by atoms with Gasteiger partial charge in [-0.3, -0.25) is 0 Å². The van der Waals surface area contributed by atoms with Crippen molar-refractivity contribution in [2.45, 2.75) is 51.3 Å². The molecule has 0 spiro atoms. The molecule has 0 heterocycles. The van der Waals surface area contributed by atoms with Gasteiger partial charge in [0.1, 0.15) is 0 Å². The molecule has 1 aromatic rings. The minimum absolute atomic E-state index is 0.200. The van der Waals surface area contributed by atoms with Gasteiger partial charge in [0.25, 0.3) is 0 Å². The number of nitrogens with one attached hydrogen (secondary N) is 1. The fourth-order valence-corrected chi connectivity index (χ4v) is 1.69. The molecule has 96 valence electrons. The maximum atomic E-state index is 11.6. The first kappa shape index (κ1) is 14.4. The molecule has 1 atom stereocenters. The van der Waals surface area contributed by atoms with Crippen LogP contribution in [-0.4, -0.2) is 8.96 Å². The van der Waals surface area contributed by atoms with E-state index in [4.69, 9.17) is 0 Å². The average molecular weight is 253 g/mol. The molecule has 1 aromatic carbocycles. The Hall–Kier alpha value is -0.670. The molecule has 1 saturated carbocycles. The van der Waals surface area contributed by atoms with E-state index in [-0.39, 0.29) is 4.75 Å². The lowest BCUT2D eigenvalue weighted by Gasteiger charge is -2.17. The fourth-order valence-electron chi connectivity index (χ4n) is 0.961. The predicted molar refractivity (Wildman–Crippen MR) is 75.0 cm³/mol. The molecule has 0 aliphatic heterocycles. The fraction of sp³-hybridized carbons (Fsp3) is 0.571. The molecule has 1 N–H and O–H groups in total. The molecule has 3 heteroatoms. The monoisotopic (exact) mass is 253 g/mol. The van der Waals surface area contributed by atoms with Crippen LogP contribution < -0.4 is 4.72 Å². The molecular weight excluding hydrogens is 230 g/mol. The average Bonchev–Trinajstić information content (AvgIpc) is 3.13. The first-order chi connectivity index (χ1) is 8.00. The molecule has 2 nitrogen and oxygen atoms in total. The summed E-state index contributed by atoms with van der Waals surface area (Å²) in [6.07, 6.45) is 4.50. The SMILES string of the molecule is C1CC1.CC(C)(C)S(=O)NCc1ccccc1. The summed E-state index contributed by atoms with van der Waals surface area (Å²) >= 11 is 0. The van der Waals surface area contributed by atoms with Crippen LogP contribution in [0.1, 0.15) is 45.6 Å². The minimum atomic E-state index is -0.988. The van der Waals surface area contributed by atoms with Gasteiger partial charge in [-0.25, -0.2) is 8.93 Å². The zero-order chi connectivity index (χ0) is 12.7. The van der Waals surface area contributed by atoms with Gasteiger partial charge in [0.05, 0.1) is 15.7 Å². The number of benzene rings is 1. The Kier molecular flexibility index (Phi) is 5.86. The van der Waals surface area contributed by atoms with Crippen molar-refractivity contribution in [3.05, 3.63) is 35.9 Å². The molecule has 17 heavy (non-hydrogen) atoms. The van der Waals surface area contributed by atoms with E-state index in [2.05, 4.69) is 4.72 Å². The molecule has 0 saturated heterocycles. The van der Waals surface area contributed by atoms with E-state index >= 15 is 0 Å². The van der Waals surface area contributed by atoms with Crippen LogP contribution in [0.5, 0.6) is 0 Å². The van der Waals surface area contributed by atoms with E-state index in [0.717, 1.165) is 5.56 Å². The van der Waals surface area contributed by atoms with Crippen molar-refractivity contribution in [2.75, 3.05) is 0 Å². The number of hydrogen-bond donors (Lipinski definition) is 1. The summed E-state index contributed by atoms with van der Waals surface area (Å²) < 4.78 is 14.4. The van der Waals surface area contributed by atoms with Gasteiger partial charge in [-0.15, -0.1) is 0 Å². The van der Waals surface area contributed by atoms with Crippen LogP contribution >= 0.6 is 0 Å². The quantitative estimate of drug-likeness (QED) is 0.879. The second-order valence-electron chi connectivity index (χ2n) is 5.25. The highest BCUT2D eigenvalue weighted by molar-refractivity contribution is 7.84. The Labute approximate surface area is 107 Å². The van der Waals surface area contributed by atoms with Crippen LogP contribution in [0.2, 0.25) is 0 Å². The van der Waals surface area contributed by atoms with Gasteiger partial charge in [0, 0.05) is 6.54 Å². The Bertz CT molecular complexity index is 338. The molecule has 0 aromatic heterocycles. The van der Waals surface area contributed by atoms with Crippen LogP contribution in [0.15, 0.2) is 30.3 Å². The molecule has 0 radical (unpaired) electrons. The second-order valence-corrected chi connectivity index (χ2v) is 7.30. The van der Waals surface area contributed by atoms with Gasteiger partial charge in [0.15, 0.2) is 0 Å². The highest BCUT2D eigenvalue weighted by atomic mass is 32.2. The summed E-state index contributed by atoms with van der Waals surface area (Å²) in [6, 6.07) is 9.98. The van der Waals surface area contributed by atoms with Gasteiger partial charge < -0.3 is 0 Å². The molecule has 1 aliphatic carbocycles. The maximum absolute atomic E-state index is 11.6. The van der Waals surface area contributed by atoms with E-state index < -0.39 is 11.0 Å². The van der Waals surface area contributed by atoms with Crippen LogP contribution in [0.25, 0.3) is 0 Å². The van der Waals surface area contributed by atoms with Crippen LogP contribution in [0.4, 0.5) is 0 Å². The Balaban J connectivity index is 0.000000415. The van der Waals surface area contributed by atoms with Gasteiger partial charge in [-0.05, 0) is 26.3 Å². The third kappa shape index (κ3) is 7.29. The lowest BCUT2D eigenvalue weighted by atomic mass is 10.2. The molecule has 1 aliphatic rings. The van der Waals surface area contributed by atoms with Crippen LogP contribution in [-0.2, 0) is 17.5 Å². The first-order valence-electron chi connectivity index (χ1n) is 6.19. The van der Waals surface area contributed by atoms with Gasteiger partial charge in [0.2, 0.25) is 0 Å². The van der Waals surface area contributed by atoms with Gasteiger partial charge in [-0.1, -0.05) is 49.6 Å². The highest BCUT2D eigenvalue weighted by Crippen LogP contribution is 2.14. The molecule has 0 amide bonds. The van der Waals surface area contributed by atoms with E-state index in [1.165, 1.54) is 19.3 Å². The van der Waals surface area contributed by atoms with Crippen molar-refractivity contribution in [1.82, 2.24) is 4.72 Å². The smallest absolute Gasteiger partial charge is 0.0973 e.